The maximum absolute atomic E-state index is 13.2. The van der Waals surface area contributed by atoms with Crippen LogP contribution >= 0.6 is 0 Å². The minimum Gasteiger partial charge on any atom is -0.493 e. The van der Waals surface area contributed by atoms with Crippen molar-refractivity contribution in [2.75, 3.05) is 27.6 Å². The number of carbonyl (C=O) groups is 2. The number of ether oxygens (including phenoxy) is 8. The summed E-state index contributed by atoms with van der Waals surface area (Å²) in [6.07, 6.45) is -5.43. The standard InChI is InChI=1S/C28H26O12/c1-12(29)39-26-17(30)10-36-28(24(26)31)40-25-15-8-20(34-3)19(33-2)7-14(15)22(23-16(25)9-35-27(23)32)13-4-5-18-21(6-13)38-11-37-18/h4-8,17,24,26,28,30-31H,9-11H2,1-3H3. The van der Waals surface area contributed by atoms with Gasteiger partial charge in [0.15, 0.2) is 35.2 Å². The molecule has 1 saturated heterocycles. The summed E-state index contributed by atoms with van der Waals surface area (Å²) in [5, 5.41) is 22.3. The summed E-state index contributed by atoms with van der Waals surface area (Å²) in [4.78, 5) is 24.8. The van der Waals surface area contributed by atoms with Crippen LogP contribution in [0.4, 0.5) is 0 Å². The second kappa shape index (κ2) is 10.0. The van der Waals surface area contributed by atoms with Crippen molar-refractivity contribution in [2.45, 2.75) is 38.1 Å². The number of hydrogen-bond donors (Lipinski definition) is 2. The predicted molar refractivity (Wildman–Crippen MR) is 136 cm³/mol. The SMILES string of the molecule is COc1cc2c(OC3OCC(O)C(OC(C)=O)C3O)c3c(c(-c4ccc5c(c4)OCO5)c2cc1OC)C(=O)OC3. The van der Waals surface area contributed by atoms with E-state index in [1.807, 2.05) is 6.07 Å². The van der Waals surface area contributed by atoms with E-state index in [0.29, 0.717) is 50.5 Å². The highest BCUT2D eigenvalue weighted by Crippen LogP contribution is 2.49. The molecule has 4 atom stereocenters. The number of hydrogen-bond acceptors (Lipinski definition) is 12. The van der Waals surface area contributed by atoms with Crippen LogP contribution in [0.1, 0.15) is 22.8 Å². The van der Waals surface area contributed by atoms with Gasteiger partial charge in [-0.3, -0.25) is 4.79 Å². The Balaban J connectivity index is 1.56. The van der Waals surface area contributed by atoms with Crippen molar-refractivity contribution in [3.63, 3.8) is 0 Å². The van der Waals surface area contributed by atoms with Crippen LogP contribution in [-0.4, -0.2) is 74.4 Å². The topological polar surface area (TPSA) is 148 Å². The van der Waals surface area contributed by atoms with Crippen LogP contribution in [0.3, 0.4) is 0 Å². The zero-order chi connectivity index (χ0) is 28.1. The summed E-state index contributed by atoms with van der Waals surface area (Å²) in [5.41, 5.74) is 1.89. The number of rotatable bonds is 6. The van der Waals surface area contributed by atoms with Gasteiger partial charge in [0.05, 0.1) is 26.4 Å². The average molecular weight is 555 g/mol. The van der Waals surface area contributed by atoms with Gasteiger partial charge in [-0.05, 0) is 35.2 Å². The molecule has 1 fully saturated rings. The molecule has 6 rings (SSSR count). The number of aliphatic hydroxyl groups is 2. The zero-order valence-corrected chi connectivity index (χ0v) is 21.8. The molecule has 2 N–H and O–H groups in total. The highest BCUT2D eigenvalue weighted by atomic mass is 16.7. The maximum atomic E-state index is 13.2. The minimum absolute atomic E-state index is 0.0875. The molecule has 4 unspecified atom stereocenters. The Labute approximate surface area is 227 Å². The van der Waals surface area contributed by atoms with Crippen LogP contribution in [0.15, 0.2) is 30.3 Å². The summed E-state index contributed by atoms with van der Waals surface area (Å²) in [5.74, 6) is 0.853. The van der Waals surface area contributed by atoms with Gasteiger partial charge < -0.3 is 48.1 Å². The Morgan fingerprint density at radius 3 is 2.40 bits per heavy atom. The number of methoxy groups -OCH3 is 2. The van der Waals surface area contributed by atoms with Crippen molar-refractivity contribution >= 4 is 22.7 Å². The van der Waals surface area contributed by atoms with E-state index >= 15 is 0 Å². The molecule has 40 heavy (non-hydrogen) atoms. The third kappa shape index (κ3) is 4.21. The van der Waals surface area contributed by atoms with Gasteiger partial charge in [0.1, 0.15) is 18.5 Å². The van der Waals surface area contributed by atoms with Crippen molar-refractivity contribution in [3.05, 3.63) is 41.5 Å². The molecule has 3 aromatic rings. The Bertz CT molecular complexity index is 1520. The van der Waals surface area contributed by atoms with Gasteiger partial charge in [0, 0.05) is 23.4 Å². The van der Waals surface area contributed by atoms with Gasteiger partial charge >= 0.3 is 11.9 Å². The smallest absolute Gasteiger partial charge is 0.339 e. The third-order valence-corrected chi connectivity index (χ3v) is 7.04. The Kier molecular flexibility index (Phi) is 6.53. The predicted octanol–water partition coefficient (Wildman–Crippen LogP) is 2.31. The summed E-state index contributed by atoms with van der Waals surface area (Å²) in [7, 11) is 2.98. The fraction of sp³-hybridized carbons (Fsp3) is 0.357. The van der Waals surface area contributed by atoms with E-state index in [1.165, 1.54) is 21.1 Å². The Morgan fingerprint density at radius 1 is 0.950 bits per heavy atom. The van der Waals surface area contributed by atoms with E-state index in [1.54, 1.807) is 24.3 Å². The molecular formula is C28H26O12. The number of aliphatic hydroxyl groups excluding tert-OH is 2. The fourth-order valence-corrected chi connectivity index (χ4v) is 5.22. The van der Waals surface area contributed by atoms with Crippen LogP contribution in [0.25, 0.3) is 21.9 Å². The molecule has 0 aromatic heterocycles. The molecule has 0 aliphatic carbocycles. The average Bonchev–Trinajstić information content (AvgIpc) is 3.57. The number of benzene rings is 3. The van der Waals surface area contributed by atoms with Gasteiger partial charge in [-0.1, -0.05) is 6.07 Å². The lowest BCUT2D eigenvalue weighted by atomic mass is 9.89. The van der Waals surface area contributed by atoms with E-state index in [0.717, 1.165) is 0 Å². The molecule has 0 radical (unpaired) electrons. The largest absolute Gasteiger partial charge is 0.493 e. The van der Waals surface area contributed by atoms with E-state index in [4.69, 9.17) is 37.9 Å². The summed E-state index contributed by atoms with van der Waals surface area (Å²) in [6, 6.07) is 8.75. The molecular weight excluding hydrogens is 528 g/mol. The van der Waals surface area contributed by atoms with E-state index in [9.17, 15) is 19.8 Å². The van der Waals surface area contributed by atoms with Gasteiger partial charge in [-0.2, -0.15) is 0 Å². The van der Waals surface area contributed by atoms with Crippen LogP contribution in [-0.2, 0) is 25.6 Å². The normalized spacial score (nSPS) is 23.0. The molecule has 3 aromatic carbocycles. The van der Waals surface area contributed by atoms with Crippen molar-refractivity contribution in [1.82, 2.24) is 0 Å². The minimum atomic E-state index is -1.54. The number of carbonyl (C=O) groups excluding carboxylic acids is 2. The molecule has 0 spiro atoms. The highest BCUT2D eigenvalue weighted by molar-refractivity contribution is 6.14. The monoisotopic (exact) mass is 554 g/mol. The Hall–Kier alpha value is -4.26. The van der Waals surface area contributed by atoms with Gasteiger partial charge in [-0.15, -0.1) is 0 Å². The summed E-state index contributed by atoms with van der Waals surface area (Å²) in [6.45, 7) is 0.888. The van der Waals surface area contributed by atoms with Gasteiger partial charge in [-0.25, -0.2) is 4.79 Å². The fourth-order valence-electron chi connectivity index (χ4n) is 5.22. The van der Waals surface area contributed by atoms with Crippen LogP contribution in [0, 0.1) is 0 Å². The maximum Gasteiger partial charge on any atom is 0.339 e. The van der Waals surface area contributed by atoms with E-state index in [-0.39, 0.29) is 31.3 Å². The molecule has 3 heterocycles. The van der Waals surface area contributed by atoms with Gasteiger partial charge in [0.2, 0.25) is 13.1 Å². The van der Waals surface area contributed by atoms with Crippen molar-refractivity contribution in [2.24, 2.45) is 0 Å². The van der Waals surface area contributed by atoms with E-state index in [2.05, 4.69) is 0 Å². The molecule has 12 nitrogen and oxygen atoms in total. The molecule has 12 heteroatoms. The lowest BCUT2D eigenvalue weighted by Gasteiger charge is -2.37. The highest BCUT2D eigenvalue weighted by Gasteiger charge is 2.44. The zero-order valence-electron chi connectivity index (χ0n) is 21.8. The molecule has 0 amide bonds. The van der Waals surface area contributed by atoms with E-state index < -0.39 is 36.5 Å². The molecule has 3 aliphatic heterocycles. The lowest BCUT2D eigenvalue weighted by Crippen LogP contribution is -2.56. The lowest BCUT2D eigenvalue weighted by molar-refractivity contribution is -0.248. The van der Waals surface area contributed by atoms with Crippen molar-refractivity contribution in [3.8, 4) is 39.9 Å². The summed E-state index contributed by atoms with van der Waals surface area (Å²) >= 11 is 0. The second-order valence-electron chi connectivity index (χ2n) is 9.41. The number of esters is 2. The first kappa shape index (κ1) is 26.0. The van der Waals surface area contributed by atoms with Gasteiger partial charge in [0.25, 0.3) is 0 Å². The number of cyclic esters (lactones) is 1. The Morgan fingerprint density at radius 2 is 1.68 bits per heavy atom. The van der Waals surface area contributed by atoms with Crippen LogP contribution in [0.2, 0.25) is 0 Å². The first-order chi connectivity index (χ1) is 19.3. The second-order valence-corrected chi connectivity index (χ2v) is 9.41. The molecule has 3 aliphatic rings. The van der Waals surface area contributed by atoms with Crippen molar-refractivity contribution in [1.29, 1.82) is 0 Å². The van der Waals surface area contributed by atoms with Crippen molar-refractivity contribution < 1.29 is 57.7 Å². The quantitative estimate of drug-likeness (QED) is 0.431. The first-order valence-electron chi connectivity index (χ1n) is 12.4. The first-order valence-corrected chi connectivity index (χ1v) is 12.4. The molecule has 0 bridgehead atoms. The number of fused-ring (bicyclic) bond motifs is 3. The van der Waals surface area contributed by atoms with Crippen LogP contribution in [0.5, 0.6) is 28.7 Å². The molecule has 210 valence electrons. The molecule has 0 saturated carbocycles. The third-order valence-electron chi connectivity index (χ3n) is 7.04. The summed E-state index contributed by atoms with van der Waals surface area (Å²) < 4.78 is 44.5. The van der Waals surface area contributed by atoms with Crippen LogP contribution < -0.4 is 23.7 Å².